The number of likely N-dealkylation sites (tertiary alicyclic amines) is 2. The first-order valence-corrected chi connectivity index (χ1v) is 8.11. The van der Waals surface area contributed by atoms with E-state index < -0.39 is 0 Å². The van der Waals surface area contributed by atoms with E-state index >= 15 is 0 Å². The van der Waals surface area contributed by atoms with Gasteiger partial charge in [-0.25, -0.2) is 4.98 Å². The summed E-state index contributed by atoms with van der Waals surface area (Å²) in [4.78, 5) is 24.1. The van der Waals surface area contributed by atoms with Crippen molar-refractivity contribution in [1.82, 2.24) is 19.8 Å². The van der Waals surface area contributed by atoms with Crippen LogP contribution in [0.1, 0.15) is 44.1 Å². The second-order valence-electron chi connectivity index (χ2n) is 6.70. The summed E-state index contributed by atoms with van der Waals surface area (Å²) < 4.78 is 0. The van der Waals surface area contributed by atoms with Gasteiger partial charge in [0.25, 0.3) is 0 Å². The zero-order valence-electron chi connectivity index (χ0n) is 13.2. The highest BCUT2D eigenvalue weighted by Crippen LogP contribution is 2.40. The van der Waals surface area contributed by atoms with Gasteiger partial charge in [0, 0.05) is 31.4 Å². The molecule has 0 bridgehead atoms. The molecular weight excluding hydrogens is 264 g/mol. The minimum Gasteiger partial charge on any atom is -0.345 e. The molecule has 5 nitrogen and oxygen atoms in total. The normalized spacial score (nSPS) is 23.0. The maximum atomic E-state index is 11.9. The number of hydrogen-bond donors (Lipinski definition) is 1. The van der Waals surface area contributed by atoms with Gasteiger partial charge in [-0.1, -0.05) is 0 Å². The number of aromatic nitrogens is 2. The lowest BCUT2D eigenvalue weighted by Crippen LogP contribution is -2.51. The summed E-state index contributed by atoms with van der Waals surface area (Å²) in [6, 6.07) is 0. The van der Waals surface area contributed by atoms with Crippen LogP contribution in [0.2, 0.25) is 0 Å². The first-order valence-electron chi connectivity index (χ1n) is 8.11. The minimum absolute atomic E-state index is 0.344. The van der Waals surface area contributed by atoms with Gasteiger partial charge in [-0.2, -0.15) is 0 Å². The molecule has 21 heavy (non-hydrogen) atoms. The average Bonchev–Trinajstić information content (AvgIpc) is 2.90. The van der Waals surface area contributed by atoms with Crippen molar-refractivity contribution in [3.05, 3.63) is 17.7 Å². The molecule has 3 rings (SSSR count). The third-order valence-corrected chi connectivity index (χ3v) is 5.18. The molecule has 0 radical (unpaired) electrons. The highest BCUT2D eigenvalue weighted by Gasteiger charge is 2.40. The first-order chi connectivity index (χ1) is 10.1. The van der Waals surface area contributed by atoms with Crippen LogP contribution in [0.5, 0.6) is 0 Å². The number of aryl methyl sites for hydroxylation is 1. The van der Waals surface area contributed by atoms with E-state index in [-0.39, 0.29) is 0 Å². The third kappa shape index (κ3) is 3.12. The van der Waals surface area contributed by atoms with Crippen molar-refractivity contribution in [3.63, 3.8) is 0 Å². The van der Waals surface area contributed by atoms with Crippen LogP contribution in [0.4, 0.5) is 0 Å². The van der Waals surface area contributed by atoms with Crippen molar-refractivity contribution in [2.75, 3.05) is 26.2 Å². The second kappa shape index (κ2) is 5.79. The van der Waals surface area contributed by atoms with Gasteiger partial charge in [0.05, 0.1) is 6.54 Å². The molecule has 0 aromatic carbocycles. The van der Waals surface area contributed by atoms with Gasteiger partial charge in [-0.05, 0) is 51.6 Å². The van der Waals surface area contributed by atoms with E-state index in [0.717, 1.165) is 57.1 Å². The highest BCUT2D eigenvalue weighted by atomic mass is 16.2. The lowest BCUT2D eigenvalue weighted by molar-refractivity contribution is -0.138. The quantitative estimate of drug-likeness (QED) is 0.925. The number of H-pyrrole nitrogens is 1. The fourth-order valence-corrected chi connectivity index (χ4v) is 3.74. The van der Waals surface area contributed by atoms with E-state index in [4.69, 9.17) is 0 Å². The molecule has 0 saturated carbocycles. The molecule has 3 heterocycles. The van der Waals surface area contributed by atoms with E-state index in [2.05, 4.69) is 26.7 Å². The number of carbonyl (C=O) groups is 1. The monoisotopic (exact) mass is 290 g/mol. The van der Waals surface area contributed by atoms with Gasteiger partial charge in [0.2, 0.25) is 5.91 Å². The Morgan fingerprint density at radius 1 is 1.33 bits per heavy atom. The van der Waals surface area contributed by atoms with Crippen molar-refractivity contribution < 1.29 is 4.79 Å². The number of hydrogen-bond acceptors (Lipinski definition) is 3. The molecule has 1 spiro atoms. The van der Waals surface area contributed by atoms with Crippen LogP contribution in [0.25, 0.3) is 0 Å². The second-order valence-corrected chi connectivity index (χ2v) is 6.70. The molecule has 1 aromatic rings. The number of nitrogens with one attached hydrogen (secondary N) is 1. The third-order valence-electron chi connectivity index (χ3n) is 5.18. The standard InChI is InChI=1S/C16H26N4O/c1-3-20-12-16(5-4-15(20)21)6-8-19(9-7-16)11-14-17-10-13(2)18-14/h10H,3-9,11-12H2,1-2H3,(H,17,18). The molecule has 5 heteroatoms. The molecule has 0 unspecified atom stereocenters. The van der Waals surface area contributed by atoms with Gasteiger partial charge < -0.3 is 9.88 Å². The molecule has 1 N–H and O–H groups in total. The largest absolute Gasteiger partial charge is 0.345 e. The topological polar surface area (TPSA) is 52.2 Å². The van der Waals surface area contributed by atoms with Crippen molar-refractivity contribution in [2.24, 2.45) is 5.41 Å². The Morgan fingerprint density at radius 2 is 2.10 bits per heavy atom. The van der Waals surface area contributed by atoms with Crippen LogP contribution < -0.4 is 0 Å². The van der Waals surface area contributed by atoms with Gasteiger partial charge in [0.15, 0.2) is 0 Å². The molecule has 0 atom stereocenters. The van der Waals surface area contributed by atoms with Crippen molar-refractivity contribution in [3.8, 4) is 0 Å². The van der Waals surface area contributed by atoms with Crippen molar-refractivity contribution in [2.45, 2.75) is 46.1 Å². The van der Waals surface area contributed by atoms with Crippen molar-refractivity contribution >= 4 is 5.91 Å². The molecule has 1 amide bonds. The molecular formula is C16H26N4O. The van der Waals surface area contributed by atoms with Gasteiger partial charge in [-0.3, -0.25) is 9.69 Å². The number of amides is 1. The Labute approximate surface area is 126 Å². The Hall–Kier alpha value is -1.36. The fourth-order valence-electron chi connectivity index (χ4n) is 3.74. The molecule has 2 aliphatic rings. The Bertz CT molecular complexity index is 502. The zero-order valence-corrected chi connectivity index (χ0v) is 13.2. The van der Waals surface area contributed by atoms with Gasteiger partial charge in [-0.15, -0.1) is 0 Å². The predicted molar refractivity (Wildman–Crippen MR) is 81.8 cm³/mol. The van der Waals surface area contributed by atoms with Crippen LogP contribution in [0, 0.1) is 12.3 Å². The Balaban J connectivity index is 1.56. The number of aromatic amines is 1. The fraction of sp³-hybridized carbons (Fsp3) is 0.750. The SMILES string of the molecule is CCN1CC2(CCC1=O)CCN(Cc1ncc(C)[nH]1)CC2. The van der Waals surface area contributed by atoms with E-state index in [0.29, 0.717) is 11.3 Å². The molecule has 2 aliphatic heterocycles. The summed E-state index contributed by atoms with van der Waals surface area (Å²) in [7, 11) is 0. The average molecular weight is 290 g/mol. The predicted octanol–water partition coefficient (Wildman–Crippen LogP) is 1.94. The number of rotatable bonds is 3. The Kier molecular flexibility index (Phi) is 4.02. The number of carbonyl (C=O) groups excluding carboxylic acids is 1. The summed E-state index contributed by atoms with van der Waals surface area (Å²) in [6.07, 6.45) is 6.13. The van der Waals surface area contributed by atoms with E-state index in [9.17, 15) is 4.79 Å². The first kappa shape index (κ1) is 14.6. The van der Waals surface area contributed by atoms with Crippen LogP contribution in [0.15, 0.2) is 6.20 Å². The molecule has 116 valence electrons. The Morgan fingerprint density at radius 3 is 2.71 bits per heavy atom. The lowest BCUT2D eigenvalue weighted by atomic mass is 9.72. The van der Waals surface area contributed by atoms with E-state index in [1.54, 1.807) is 0 Å². The molecule has 1 aromatic heterocycles. The summed E-state index contributed by atoms with van der Waals surface area (Å²) >= 11 is 0. The van der Waals surface area contributed by atoms with Gasteiger partial charge in [0.1, 0.15) is 5.82 Å². The zero-order chi connectivity index (χ0) is 14.9. The smallest absolute Gasteiger partial charge is 0.222 e. The minimum atomic E-state index is 0.344. The van der Waals surface area contributed by atoms with Crippen molar-refractivity contribution in [1.29, 1.82) is 0 Å². The number of nitrogens with zero attached hydrogens (tertiary/aromatic N) is 3. The summed E-state index contributed by atoms with van der Waals surface area (Å²) in [5.74, 6) is 1.41. The van der Waals surface area contributed by atoms with Crippen LogP contribution in [0.3, 0.4) is 0 Å². The molecule has 2 fully saturated rings. The molecule has 0 aliphatic carbocycles. The van der Waals surface area contributed by atoms with E-state index in [1.165, 1.54) is 12.8 Å². The summed E-state index contributed by atoms with van der Waals surface area (Å²) in [5, 5.41) is 0. The van der Waals surface area contributed by atoms with Crippen LogP contribution in [-0.4, -0.2) is 51.9 Å². The summed E-state index contributed by atoms with van der Waals surface area (Å²) in [5.41, 5.74) is 1.50. The maximum Gasteiger partial charge on any atom is 0.222 e. The number of piperidine rings is 2. The lowest BCUT2D eigenvalue weighted by Gasteiger charge is -2.47. The van der Waals surface area contributed by atoms with E-state index in [1.807, 2.05) is 13.1 Å². The van der Waals surface area contributed by atoms with Crippen LogP contribution in [-0.2, 0) is 11.3 Å². The highest BCUT2D eigenvalue weighted by molar-refractivity contribution is 5.77. The maximum absolute atomic E-state index is 11.9. The number of imidazole rings is 1. The summed E-state index contributed by atoms with van der Waals surface area (Å²) in [6.45, 7) is 9.11. The van der Waals surface area contributed by atoms with Crippen LogP contribution >= 0.6 is 0 Å². The van der Waals surface area contributed by atoms with Gasteiger partial charge >= 0.3 is 0 Å². The molecule has 2 saturated heterocycles.